The molecule has 0 aromatic carbocycles. The topological polar surface area (TPSA) is 76.4 Å². The Morgan fingerprint density at radius 3 is 3.13 bits per heavy atom. The fraction of sp³-hybridized carbons (Fsp3) is 0.556. The van der Waals surface area contributed by atoms with Crippen LogP contribution in [0.4, 0.5) is 10.6 Å². The van der Waals surface area contributed by atoms with Gasteiger partial charge in [-0.3, -0.25) is 5.32 Å². The average Bonchev–Trinajstić information content (AvgIpc) is 2.77. The first kappa shape index (κ1) is 9.97. The molecule has 1 unspecified atom stereocenters. The van der Waals surface area contributed by atoms with Crippen molar-refractivity contribution in [1.82, 2.24) is 10.5 Å². The van der Waals surface area contributed by atoms with E-state index in [1.54, 1.807) is 13.0 Å². The Morgan fingerprint density at radius 2 is 2.53 bits per heavy atom. The van der Waals surface area contributed by atoms with Crippen LogP contribution in [-0.2, 0) is 4.74 Å². The summed E-state index contributed by atoms with van der Waals surface area (Å²) in [6.07, 6.45) is 0.852. The number of rotatable bonds is 2. The van der Waals surface area contributed by atoms with E-state index in [0.717, 1.165) is 6.42 Å². The number of amides is 2. The van der Waals surface area contributed by atoms with Crippen molar-refractivity contribution < 1.29 is 14.1 Å². The van der Waals surface area contributed by atoms with Crippen molar-refractivity contribution in [2.75, 3.05) is 18.5 Å². The second-order valence-corrected chi connectivity index (χ2v) is 3.48. The molecule has 0 spiro atoms. The monoisotopic (exact) mass is 211 g/mol. The molecule has 0 bridgehead atoms. The molecule has 0 aliphatic carbocycles. The van der Waals surface area contributed by atoms with E-state index < -0.39 is 0 Å². The summed E-state index contributed by atoms with van der Waals surface area (Å²) in [6.45, 7) is 3.04. The summed E-state index contributed by atoms with van der Waals surface area (Å²) in [5.74, 6) is 1.08. The minimum atomic E-state index is -0.279. The molecule has 0 saturated carbocycles. The summed E-state index contributed by atoms with van der Waals surface area (Å²) >= 11 is 0. The highest BCUT2D eigenvalue weighted by Gasteiger charge is 2.18. The van der Waals surface area contributed by atoms with Crippen molar-refractivity contribution in [3.63, 3.8) is 0 Å². The molecule has 2 rings (SSSR count). The van der Waals surface area contributed by atoms with Gasteiger partial charge in [-0.25, -0.2) is 4.79 Å². The van der Waals surface area contributed by atoms with Crippen molar-refractivity contribution in [1.29, 1.82) is 0 Å². The molecule has 1 aliphatic rings. The van der Waals surface area contributed by atoms with Gasteiger partial charge >= 0.3 is 6.03 Å². The van der Waals surface area contributed by atoms with Crippen LogP contribution >= 0.6 is 0 Å². The first-order valence-corrected chi connectivity index (χ1v) is 4.82. The van der Waals surface area contributed by atoms with Gasteiger partial charge in [0.2, 0.25) is 0 Å². The number of anilines is 1. The van der Waals surface area contributed by atoms with Gasteiger partial charge in [-0.15, -0.1) is 0 Å². The summed E-state index contributed by atoms with van der Waals surface area (Å²) in [4.78, 5) is 11.4. The molecule has 1 fully saturated rings. The molecular weight excluding hydrogens is 198 g/mol. The van der Waals surface area contributed by atoms with Crippen molar-refractivity contribution in [2.45, 2.75) is 19.4 Å². The quantitative estimate of drug-likeness (QED) is 0.761. The van der Waals surface area contributed by atoms with Gasteiger partial charge in [0, 0.05) is 12.7 Å². The Balaban J connectivity index is 1.81. The number of hydrogen-bond donors (Lipinski definition) is 2. The van der Waals surface area contributed by atoms with E-state index in [1.807, 2.05) is 0 Å². The summed E-state index contributed by atoms with van der Waals surface area (Å²) in [5, 5.41) is 9.01. The molecule has 1 atom stereocenters. The number of aryl methyl sites for hydroxylation is 1. The largest absolute Gasteiger partial charge is 0.379 e. The fourth-order valence-electron chi connectivity index (χ4n) is 1.41. The second-order valence-electron chi connectivity index (χ2n) is 3.48. The van der Waals surface area contributed by atoms with Gasteiger partial charge in [-0.05, 0) is 13.3 Å². The summed E-state index contributed by atoms with van der Waals surface area (Å²) in [6, 6.07) is 1.47. The lowest BCUT2D eigenvalue weighted by atomic mass is 10.3. The van der Waals surface area contributed by atoms with Crippen molar-refractivity contribution >= 4 is 11.8 Å². The second kappa shape index (κ2) is 4.31. The number of carbonyl (C=O) groups is 1. The first-order chi connectivity index (χ1) is 7.24. The highest BCUT2D eigenvalue weighted by atomic mass is 16.5. The lowest BCUT2D eigenvalue weighted by Gasteiger charge is -2.09. The van der Waals surface area contributed by atoms with E-state index in [4.69, 9.17) is 9.26 Å². The summed E-state index contributed by atoms with van der Waals surface area (Å²) in [7, 11) is 0. The predicted molar refractivity (Wildman–Crippen MR) is 52.6 cm³/mol. The Labute approximate surface area is 87.0 Å². The van der Waals surface area contributed by atoms with Gasteiger partial charge in [0.25, 0.3) is 0 Å². The fourth-order valence-corrected chi connectivity index (χ4v) is 1.41. The average molecular weight is 211 g/mol. The Bertz CT molecular complexity index is 344. The highest BCUT2D eigenvalue weighted by Crippen LogP contribution is 2.07. The smallest absolute Gasteiger partial charge is 0.320 e. The van der Waals surface area contributed by atoms with Gasteiger partial charge in [-0.2, -0.15) is 0 Å². The molecule has 6 heteroatoms. The maximum absolute atomic E-state index is 11.4. The zero-order valence-corrected chi connectivity index (χ0v) is 8.45. The minimum Gasteiger partial charge on any atom is -0.379 e. The summed E-state index contributed by atoms with van der Waals surface area (Å²) in [5.41, 5.74) is 0. The molecule has 15 heavy (non-hydrogen) atoms. The number of hydrogen-bond acceptors (Lipinski definition) is 4. The Morgan fingerprint density at radius 1 is 1.67 bits per heavy atom. The number of ether oxygens (including phenoxy) is 1. The minimum absolute atomic E-state index is 0.0954. The van der Waals surface area contributed by atoms with Crippen LogP contribution in [0.25, 0.3) is 0 Å². The van der Waals surface area contributed by atoms with E-state index >= 15 is 0 Å². The number of urea groups is 1. The summed E-state index contributed by atoms with van der Waals surface area (Å²) < 4.78 is 9.95. The molecule has 2 heterocycles. The van der Waals surface area contributed by atoms with Crippen LogP contribution in [0.3, 0.4) is 0 Å². The molecule has 1 aromatic rings. The Kier molecular flexibility index (Phi) is 2.86. The van der Waals surface area contributed by atoms with Crippen LogP contribution < -0.4 is 10.6 Å². The van der Waals surface area contributed by atoms with E-state index in [9.17, 15) is 4.79 Å². The SMILES string of the molecule is Cc1cc(NC(=O)NC2CCOC2)no1. The lowest BCUT2D eigenvalue weighted by Crippen LogP contribution is -2.38. The van der Waals surface area contributed by atoms with Gasteiger partial charge in [0.15, 0.2) is 5.82 Å². The first-order valence-electron chi connectivity index (χ1n) is 4.82. The standard InChI is InChI=1S/C9H13N3O3/c1-6-4-8(12-15-6)11-9(13)10-7-2-3-14-5-7/h4,7H,2-3,5H2,1H3,(H2,10,11,12,13). The zero-order chi connectivity index (χ0) is 10.7. The van der Waals surface area contributed by atoms with Gasteiger partial charge in [0.05, 0.1) is 12.6 Å². The van der Waals surface area contributed by atoms with E-state index in [2.05, 4.69) is 15.8 Å². The number of aromatic nitrogens is 1. The maximum Gasteiger partial charge on any atom is 0.320 e. The normalized spacial score (nSPS) is 20.2. The predicted octanol–water partition coefficient (Wildman–Crippen LogP) is 0.893. The van der Waals surface area contributed by atoms with Crippen molar-refractivity contribution in [3.05, 3.63) is 11.8 Å². The molecule has 1 aromatic heterocycles. The molecule has 2 amide bonds. The van der Waals surface area contributed by atoms with Crippen LogP contribution in [-0.4, -0.2) is 30.4 Å². The molecule has 82 valence electrons. The lowest BCUT2D eigenvalue weighted by molar-refractivity contribution is 0.189. The number of nitrogens with one attached hydrogen (secondary N) is 2. The van der Waals surface area contributed by atoms with Crippen molar-refractivity contribution in [2.24, 2.45) is 0 Å². The highest BCUT2D eigenvalue weighted by molar-refractivity contribution is 5.88. The van der Waals surface area contributed by atoms with Crippen LogP contribution in [0, 0.1) is 6.92 Å². The van der Waals surface area contributed by atoms with Gasteiger partial charge < -0.3 is 14.6 Å². The van der Waals surface area contributed by atoms with Crippen molar-refractivity contribution in [3.8, 4) is 0 Å². The van der Waals surface area contributed by atoms with Gasteiger partial charge in [-0.1, -0.05) is 5.16 Å². The third-order valence-electron chi connectivity index (χ3n) is 2.13. The zero-order valence-electron chi connectivity index (χ0n) is 8.45. The van der Waals surface area contributed by atoms with E-state index in [-0.39, 0.29) is 12.1 Å². The number of carbonyl (C=O) groups excluding carboxylic acids is 1. The number of nitrogens with zero attached hydrogens (tertiary/aromatic N) is 1. The maximum atomic E-state index is 11.4. The molecular formula is C9H13N3O3. The molecule has 1 saturated heterocycles. The van der Waals surface area contributed by atoms with Crippen LogP contribution in [0.15, 0.2) is 10.6 Å². The van der Waals surface area contributed by atoms with Gasteiger partial charge in [0.1, 0.15) is 5.76 Å². The van der Waals surface area contributed by atoms with Crippen LogP contribution in [0.5, 0.6) is 0 Å². The molecule has 1 aliphatic heterocycles. The van der Waals surface area contributed by atoms with Crippen LogP contribution in [0.1, 0.15) is 12.2 Å². The molecule has 0 radical (unpaired) electrons. The third-order valence-corrected chi connectivity index (χ3v) is 2.13. The van der Waals surface area contributed by atoms with E-state index in [1.165, 1.54) is 0 Å². The third kappa shape index (κ3) is 2.69. The Hall–Kier alpha value is -1.56. The van der Waals surface area contributed by atoms with Crippen LogP contribution in [0.2, 0.25) is 0 Å². The molecule has 6 nitrogen and oxygen atoms in total. The van der Waals surface area contributed by atoms with E-state index in [0.29, 0.717) is 24.8 Å². The molecule has 2 N–H and O–H groups in total.